The summed E-state index contributed by atoms with van der Waals surface area (Å²) in [4.78, 5) is 2.43. The number of anilines is 3. The SMILES string of the molecule is CC(C)(C)c1cc(-c2cccc3cccc(-c4ccccc4N(c4ccc(-c5ccc6c(c5)oc5ccccc56)cc4)c4cccc(-c5ccc6oc7ccccc7c6c5)c4)c23)cc(C(C)(C)C)c1. The van der Waals surface area contributed by atoms with E-state index in [1.54, 1.807) is 0 Å². The summed E-state index contributed by atoms with van der Waals surface area (Å²) in [5.41, 5.74) is 18.7. The van der Waals surface area contributed by atoms with Crippen molar-refractivity contribution in [2.75, 3.05) is 4.90 Å². The molecule has 0 aliphatic carbocycles. The minimum atomic E-state index is -0.0150. The molecule has 10 aromatic carbocycles. The fourth-order valence-electron chi connectivity index (χ4n) is 10.2. The standard InChI is InChI=1S/C66H53NO2/c1-65(2,3)48-36-47(37-49(41-48)66(4,5)6)52-23-14-16-43-17-15-24-57(64(43)52)53-20-7-10-25-59(53)67(50-32-28-42(29-33-50)46-30-34-56-54-21-8-11-26-60(54)69-63(56)40-46)51-19-13-18-44(38-51)45-31-35-62-58(39-45)55-22-9-12-27-61(55)68-62/h7-41H,1-6H3. The van der Waals surface area contributed by atoms with Crippen LogP contribution >= 0.6 is 0 Å². The van der Waals surface area contributed by atoms with Crippen LogP contribution in [0.3, 0.4) is 0 Å². The molecule has 2 aromatic heterocycles. The predicted molar refractivity (Wildman–Crippen MR) is 292 cm³/mol. The molecule has 0 fully saturated rings. The lowest BCUT2D eigenvalue weighted by Crippen LogP contribution is -2.16. The van der Waals surface area contributed by atoms with E-state index >= 15 is 0 Å². The second-order valence-electron chi connectivity index (χ2n) is 20.6. The number of benzene rings is 10. The first-order chi connectivity index (χ1) is 33.4. The van der Waals surface area contributed by atoms with Gasteiger partial charge in [-0.2, -0.15) is 0 Å². The molecule has 0 radical (unpaired) electrons. The smallest absolute Gasteiger partial charge is 0.136 e. The third-order valence-corrected chi connectivity index (χ3v) is 14.0. The van der Waals surface area contributed by atoms with Crippen LogP contribution in [0.25, 0.3) is 99.2 Å². The van der Waals surface area contributed by atoms with E-state index in [0.29, 0.717) is 0 Å². The molecule has 0 saturated carbocycles. The molecule has 12 aromatic rings. The highest BCUT2D eigenvalue weighted by Gasteiger charge is 2.24. The lowest BCUT2D eigenvalue weighted by atomic mass is 9.78. The summed E-state index contributed by atoms with van der Waals surface area (Å²) in [5.74, 6) is 0. The van der Waals surface area contributed by atoms with Gasteiger partial charge in [-0.3, -0.25) is 0 Å². The highest BCUT2D eigenvalue weighted by Crippen LogP contribution is 2.47. The number of para-hydroxylation sites is 3. The molecule has 3 heteroatoms. The molecule has 0 atom stereocenters. The first kappa shape index (κ1) is 42.2. The zero-order valence-corrected chi connectivity index (χ0v) is 40.0. The molecule has 0 unspecified atom stereocenters. The fourth-order valence-corrected chi connectivity index (χ4v) is 10.2. The van der Waals surface area contributed by atoms with Crippen molar-refractivity contribution in [2.24, 2.45) is 0 Å². The summed E-state index contributed by atoms with van der Waals surface area (Å²) in [6, 6.07) is 77.3. The number of rotatable bonds is 7. The highest BCUT2D eigenvalue weighted by atomic mass is 16.3. The zero-order chi connectivity index (χ0) is 47.0. The van der Waals surface area contributed by atoms with Gasteiger partial charge in [-0.15, -0.1) is 0 Å². The van der Waals surface area contributed by atoms with E-state index in [9.17, 15) is 0 Å². The van der Waals surface area contributed by atoms with Crippen LogP contribution in [0.2, 0.25) is 0 Å². The Balaban J connectivity index is 1.04. The largest absolute Gasteiger partial charge is 0.456 e. The van der Waals surface area contributed by atoms with Gasteiger partial charge in [0.1, 0.15) is 22.3 Å². The number of hydrogen-bond donors (Lipinski definition) is 0. The van der Waals surface area contributed by atoms with Gasteiger partial charge in [0.05, 0.1) is 5.69 Å². The quantitative estimate of drug-likeness (QED) is 0.160. The number of furan rings is 2. The van der Waals surface area contributed by atoms with Crippen LogP contribution < -0.4 is 4.90 Å². The van der Waals surface area contributed by atoms with Crippen molar-refractivity contribution in [3.05, 3.63) is 223 Å². The maximum Gasteiger partial charge on any atom is 0.136 e. The average molecular weight is 892 g/mol. The van der Waals surface area contributed by atoms with E-state index in [1.807, 2.05) is 24.3 Å². The van der Waals surface area contributed by atoms with Gasteiger partial charge >= 0.3 is 0 Å². The molecular weight excluding hydrogens is 839 g/mol. The number of nitrogens with zero attached hydrogens (tertiary/aromatic N) is 1. The second-order valence-corrected chi connectivity index (χ2v) is 20.6. The van der Waals surface area contributed by atoms with Gasteiger partial charge in [-0.1, -0.05) is 187 Å². The Morgan fingerprint density at radius 2 is 0.855 bits per heavy atom. The molecule has 12 rings (SSSR count). The topological polar surface area (TPSA) is 29.5 Å². The van der Waals surface area contributed by atoms with Gasteiger partial charge in [-0.25, -0.2) is 0 Å². The molecule has 0 aliphatic rings. The van der Waals surface area contributed by atoms with E-state index in [2.05, 4.69) is 234 Å². The molecule has 2 heterocycles. The maximum absolute atomic E-state index is 6.33. The van der Waals surface area contributed by atoms with Crippen LogP contribution in [0.1, 0.15) is 52.7 Å². The van der Waals surface area contributed by atoms with E-state index in [0.717, 1.165) is 88.8 Å². The minimum absolute atomic E-state index is 0.0150. The van der Waals surface area contributed by atoms with Gasteiger partial charge < -0.3 is 13.7 Å². The first-order valence-electron chi connectivity index (χ1n) is 24.1. The van der Waals surface area contributed by atoms with E-state index < -0.39 is 0 Å². The third kappa shape index (κ3) is 7.56. The Hall–Kier alpha value is -8.14. The Labute approximate surface area is 403 Å². The van der Waals surface area contributed by atoms with Gasteiger partial charge in [0.15, 0.2) is 0 Å². The van der Waals surface area contributed by atoms with Crippen LogP contribution in [0.5, 0.6) is 0 Å². The average Bonchev–Trinajstić information content (AvgIpc) is 3.94. The van der Waals surface area contributed by atoms with Crippen molar-refractivity contribution >= 4 is 71.7 Å². The number of fused-ring (bicyclic) bond motifs is 7. The van der Waals surface area contributed by atoms with Crippen LogP contribution in [-0.2, 0) is 10.8 Å². The second kappa shape index (κ2) is 16.3. The van der Waals surface area contributed by atoms with Gasteiger partial charge in [0, 0.05) is 38.5 Å². The van der Waals surface area contributed by atoms with Crippen LogP contribution in [0.4, 0.5) is 17.1 Å². The van der Waals surface area contributed by atoms with Crippen LogP contribution in [-0.4, -0.2) is 0 Å². The Morgan fingerprint density at radius 1 is 0.319 bits per heavy atom. The minimum Gasteiger partial charge on any atom is -0.456 e. The molecule has 3 nitrogen and oxygen atoms in total. The summed E-state index contributed by atoms with van der Waals surface area (Å²) < 4.78 is 12.6. The molecule has 0 saturated heterocycles. The van der Waals surface area contributed by atoms with Crippen LogP contribution in [0, 0.1) is 0 Å². The van der Waals surface area contributed by atoms with Crippen molar-refractivity contribution in [2.45, 2.75) is 52.4 Å². The summed E-state index contributed by atoms with van der Waals surface area (Å²) in [5, 5.41) is 6.94. The van der Waals surface area contributed by atoms with Crippen molar-refractivity contribution in [1.29, 1.82) is 0 Å². The normalized spacial score (nSPS) is 12.2. The summed E-state index contributed by atoms with van der Waals surface area (Å²) >= 11 is 0. The van der Waals surface area contributed by atoms with E-state index in [4.69, 9.17) is 8.83 Å². The summed E-state index contributed by atoms with van der Waals surface area (Å²) in [6.45, 7) is 13.9. The molecular formula is C66H53NO2. The van der Waals surface area contributed by atoms with E-state index in [-0.39, 0.29) is 10.8 Å². The van der Waals surface area contributed by atoms with Crippen molar-refractivity contribution in [3.63, 3.8) is 0 Å². The molecule has 69 heavy (non-hydrogen) atoms. The molecule has 334 valence electrons. The molecule has 0 amide bonds. The first-order valence-corrected chi connectivity index (χ1v) is 24.1. The van der Waals surface area contributed by atoms with Crippen LogP contribution in [0.15, 0.2) is 221 Å². The maximum atomic E-state index is 6.33. The highest BCUT2D eigenvalue weighted by molar-refractivity contribution is 6.10. The molecule has 0 bridgehead atoms. The van der Waals surface area contributed by atoms with Crippen molar-refractivity contribution in [1.82, 2.24) is 0 Å². The Kier molecular flexibility index (Phi) is 9.97. The lowest BCUT2D eigenvalue weighted by Gasteiger charge is -2.29. The van der Waals surface area contributed by atoms with Gasteiger partial charge in [-0.05, 0) is 138 Å². The van der Waals surface area contributed by atoms with Gasteiger partial charge in [0.25, 0.3) is 0 Å². The number of hydrogen-bond acceptors (Lipinski definition) is 3. The molecule has 0 spiro atoms. The van der Waals surface area contributed by atoms with Gasteiger partial charge in [0.2, 0.25) is 0 Å². The zero-order valence-electron chi connectivity index (χ0n) is 40.0. The monoisotopic (exact) mass is 891 g/mol. The predicted octanol–water partition coefficient (Wildman–Crippen LogP) is 19.4. The Bertz CT molecular complexity index is 3890. The van der Waals surface area contributed by atoms with Crippen molar-refractivity contribution in [3.8, 4) is 44.5 Å². The summed E-state index contributed by atoms with van der Waals surface area (Å²) in [6.07, 6.45) is 0. The summed E-state index contributed by atoms with van der Waals surface area (Å²) in [7, 11) is 0. The molecule has 0 N–H and O–H groups in total. The molecule has 0 aliphatic heterocycles. The van der Waals surface area contributed by atoms with Crippen molar-refractivity contribution < 1.29 is 8.83 Å². The van der Waals surface area contributed by atoms with E-state index in [1.165, 1.54) is 38.6 Å². The lowest BCUT2D eigenvalue weighted by molar-refractivity contribution is 0.569. The fraction of sp³-hybridized carbons (Fsp3) is 0.121. The third-order valence-electron chi connectivity index (χ3n) is 14.0. The Morgan fingerprint density at radius 3 is 1.58 bits per heavy atom.